The van der Waals surface area contributed by atoms with Gasteiger partial charge in [-0.25, -0.2) is 0 Å². The van der Waals surface area contributed by atoms with Gasteiger partial charge in [0.05, 0.1) is 6.04 Å². The number of H-pyrrole nitrogens is 1. The molecule has 0 bridgehead atoms. The lowest BCUT2D eigenvalue weighted by molar-refractivity contribution is -0.119. The predicted molar refractivity (Wildman–Crippen MR) is 106 cm³/mol. The molecule has 2 aromatic rings. The number of amides is 1. The minimum atomic E-state index is -0.201. The predicted octanol–water partition coefficient (Wildman–Crippen LogP) is 4.56. The van der Waals surface area contributed by atoms with Gasteiger partial charge in [-0.1, -0.05) is 38.4 Å². The van der Waals surface area contributed by atoms with Crippen molar-refractivity contribution >= 4 is 17.5 Å². The van der Waals surface area contributed by atoms with Gasteiger partial charge >= 0.3 is 0 Å². The largest absolute Gasteiger partial charge is 0.358 e. The molecule has 0 spiro atoms. The van der Waals surface area contributed by atoms with Crippen LogP contribution in [0.5, 0.6) is 0 Å². The first-order chi connectivity index (χ1) is 12.1. The number of aromatic amines is 1. The van der Waals surface area contributed by atoms with Gasteiger partial charge < -0.3 is 10.3 Å². The number of hydrogen-bond donors (Lipinski definition) is 2. The number of carbonyl (C=O) groups is 1. The number of aromatic nitrogens is 1. The molecule has 4 nitrogen and oxygen atoms in total. The molecule has 1 amide bonds. The Labute approximate surface area is 159 Å². The summed E-state index contributed by atoms with van der Waals surface area (Å²) >= 11 is 6.53. The van der Waals surface area contributed by atoms with E-state index >= 15 is 0 Å². The second-order valence-corrected chi connectivity index (χ2v) is 8.55. The lowest BCUT2D eigenvalue weighted by Crippen LogP contribution is -2.25. The standard InChI is InChI=1S/C21H25ClN2O2/c1-11-8-14(21(3,4)5)15(22)9-13(11)17-10-18(25)20(12(2)23-17)16-6-7-19(26)24-16/h8-10,16H,6-7H2,1-5H3,(H,23,25)(H,24,26). The highest BCUT2D eigenvalue weighted by molar-refractivity contribution is 6.31. The maximum atomic E-state index is 12.7. The van der Waals surface area contributed by atoms with Crippen molar-refractivity contribution in [1.82, 2.24) is 10.3 Å². The van der Waals surface area contributed by atoms with Crippen molar-refractivity contribution in [1.29, 1.82) is 0 Å². The summed E-state index contributed by atoms with van der Waals surface area (Å²) in [5.74, 6) is -0.00160. The van der Waals surface area contributed by atoms with E-state index in [-0.39, 0.29) is 22.8 Å². The molecule has 1 aliphatic heterocycles. The van der Waals surface area contributed by atoms with Crippen LogP contribution in [0, 0.1) is 13.8 Å². The summed E-state index contributed by atoms with van der Waals surface area (Å²) in [6, 6.07) is 5.44. The molecule has 1 fully saturated rings. The summed E-state index contributed by atoms with van der Waals surface area (Å²) in [6.07, 6.45) is 1.13. The van der Waals surface area contributed by atoms with Crippen LogP contribution >= 0.6 is 11.6 Å². The second kappa shape index (κ2) is 6.58. The van der Waals surface area contributed by atoms with Gasteiger partial charge in [0.15, 0.2) is 5.43 Å². The van der Waals surface area contributed by atoms with Crippen LogP contribution in [0.2, 0.25) is 5.02 Å². The number of pyridine rings is 1. The molecule has 5 heteroatoms. The molecule has 3 rings (SSSR count). The number of carbonyl (C=O) groups excluding carboxylic acids is 1. The molecule has 0 saturated carbocycles. The van der Waals surface area contributed by atoms with Crippen LogP contribution in [0.4, 0.5) is 0 Å². The Kier molecular flexibility index (Phi) is 4.74. The quantitative estimate of drug-likeness (QED) is 0.811. The smallest absolute Gasteiger partial charge is 0.220 e. The molecule has 1 unspecified atom stereocenters. The topological polar surface area (TPSA) is 62.0 Å². The summed E-state index contributed by atoms with van der Waals surface area (Å²) < 4.78 is 0. The third kappa shape index (κ3) is 3.43. The fraction of sp³-hybridized carbons (Fsp3) is 0.429. The molecule has 2 heterocycles. The van der Waals surface area contributed by atoms with Gasteiger partial charge in [0.2, 0.25) is 5.91 Å². The van der Waals surface area contributed by atoms with E-state index < -0.39 is 0 Å². The summed E-state index contributed by atoms with van der Waals surface area (Å²) in [5, 5.41) is 3.57. The molecule has 26 heavy (non-hydrogen) atoms. The van der Waals surface area contributed by atoms with Crippen molar-refractivity contribution in [3.05, 3.63) is 55.8 Å². The van der Waals surface area contributed by atoms with Gasteiger partial charge in [-0.15, -0.1) is 0 Å². The fourth-order valence-corrected chi connectivity index (χ4v) is 4.10. The first-order valence-electron chi connectivity index (χ1n) is 8.92. The normalized spacial score (nSPS) is 17.5. The van der Waals surface area contributed by atoms with Crippen molar-refractivity contribution in [2.45, 2.75) is 58.9 Å². The molecule has 0 aliphatic carbocycles. The van der Waals surface area contributed by atoms with Crippen molar-refractivity contribution in [2.24, 2.45) is 0 Å². The van der Waals surface area contributed by atoms with Gasteiger partial charge in [-0.3, -0.25) is 9.59 Å². The van der Waals surface area contributed by atoms with E-state index in [1.807, 2.05) is 19.9 Å². The van der Waals surface area contributed by atoms with E-state index in [1.165, 1.54) is 0 Å². The Morgan fingerprint density at radius 3 is 2.35 bits per heavy atom. The number of aryl methyl sites for hydroxylation is 2. The summed E-state index contributed by atoms with van der Waals surface area (Å²) in [4.78, 5) is 27.6. The third-order valence-corrected chi connectivity index (χ3v) is 5.34. The van der Waals surface area contributed by atoms with Crippen molar-refractivity contribution in [3.8, 4) is 11.3 Å². The number of hydrogen-bond acceptors (Lipinski definition) is 2. The summed E-state index contributed by atoms with van der Waals surface area (Å²) in [6.45, 7) is 10.3. The van der Waals surface area contributed by atoms with E-state index in [2.05, 4.69) is 37.1 Å². The van der Waals surface area contributed by atoms with Crippen LogP contribution in [0.3, 0.4) is 0 Å². The zero-order valence-corrected chi connectivity index (χ0v) is 16.7. The molecular formula is C21H25ClN2O2. The van der Waals surface area contributed by atoms with Crippen LogP contribution in [0.25, 0.3) is 11.3 Å². The molecule has 1 aromatic heterocycles. The number of benzene rings is 1. The molecule has 1 aromatic carbocycles. The van der Waals surface area contributed by atoms with Crippen LogP contribution in [0.15, 0.2) is 23.0 Å². The highest BCUT2D eigenvalue weighted by atomic mass is 35.5. The number of halogens is 1. The first kappa shape index (κ1) is 18.7. The van der Waals surface area contributed by atoms with E-state index in [9.17, 15) is 9.59 Å². The zero-order chi connectivity index (χ0) is 19.2. The maximum absolute atomic E-state index is 12.7. The highest BCUT2D eigenvalue weighted by Gasteiger charge is 2.26. The van der Waals surface area contributed by atoms with E-state index in [4.69, 9.17) is 11.6 Å². The van der Waals surface area contributed by atoms with Crippen LogP contribution < -0.4 is 10.7 Å². The molecule has 0 radical (unpaired) electrons. The van der Waals surface area contributed by atoms with E-state index in [0.717, 1.165) is 28.1 Å². The molecule has 138 valence electrons. The molecule has 2 N–H and O–H groups in total. The molecule has 1 aliphatic rings. The molecule has 1 atom stereocenters. The van der Waals surface area contributed by atoms with Gasteiger partial charge in [-0.2, -0.15) is 0 Å². The average Bonchev–Trinajstić information content (AvgIpc) is 2.93. The number of nitrogens with one attached hydrogen (secondary N) is 2. The summed E-state index contributed by atoms with van der Waals surface area (Å²) in [5.41, 5.74) is 5.16. The molecular weight excluding hydrogens is 348 g/mol. The number of rotatable bonds is 2. The van der Waals surface area contributed by atoms with Gasteiger partial charge in [-0.05, 0) is 42.9 Å². The third-order valence-electron chi connectivity index (χ3n) is 5.02. The average molecular weight is 373 g/mol. The maximum Gasteiger partial charge on any atom is 0.220 e. The highest BCUT2D eigenvalue weighted by Crippen LogP contribution is 2.35. The minimum Gasteiger partial charge on any atom is -0.358 e. The van der Waals surface area contributed by atoms with Gasteiger partial charge in [0, 0.05) is 40.0 Å². The Morgan fingerprint density at radius 1 is 1.12 bits per heavy atom. The zero-order valence-electron chi connectivity index (χ0n) is 15.9. The van der Waals surface area contributed by atoms with Gasteiger partial charge in [0.25, 0.3) is 0 Å². The van der Waals surface area contributed by atoms with Crippen LogP contribution in [-0.4, -0.2) is 10.9 Å². The van der Waals surface area contributed by atoms with E-state index in [1.54, 1.807) is 6.07 Å². The molecule has 1 saturated heterocycles. The van der Waals surface area contributed by atoms with Crippen molar-refractivity contribution in [2.75, 3.05) is 0 Å². The van der Waals surface area contributed by atoms with E-state index in [0.29, 0.717) is 23.4 Å². The van der Waals surface area contributed by atoms with Crippen LogP contribution in [-0.2, 0) is 10.2 Å². The Morgan fingerprint density at radius 2 is 1.81 bits per heavy atom. The van der Waals surface area contributed by atoms with Crippen LogP contribution in [0.1, 0.15) is 62.0 Å². The van der Waals surface area contributed by atoms with Gasteiger partial charge in [0.1, 0.15) is 0 Å². The fourth-order valence-electron chi connectivity index (χ4n) is 3.65. The Hall–Kier alpha value is -2.07. The van der Waals surface area contributed by atoms with Crippen molar-refractivity contribution < 1.29 is 4.79 Å². The van der Waals surface area contributed by atoms with Crippen molar-refractivity contribution in [3.63, 3.8) is 0 Å². The lowest BCUT2D eigenvalue weighted by atomic mass is 9.85. The first-order valence-corrected chi connectivity index (χ1v) is 9.30. The second-order valence-electron chi connectivity index (χ2n) is 8.14. The lowest BCUT2D eigenvalue weighted by Gasteiger charge is -2.23. The Balaban J connectivity index is 2.07. The monoisotopic (exact) mass is 372 g/mol. The Bertz CT molecular complexity index is 938. The SMILES string of the molecule is Cc1cc(C(C)(C)C)c(Cl)cc1-c1cc(=O)c(C2CCC(=O)N2)c(C)[nH]1. The minimum absolute atomic E-state index is 0.00160. The summed E-state index contributed by atoms with van der Waals surface area (Å²) in [7, 11) is 0.